The number of rotatable bonds is 3. The van der Waals surface area contributed by atoms with E-state index in [4.69, 9.17) is 9.84 Å². The van der Waals surface area contributed by atoms with Crippen LogP contribution < -0.4 is 10.1 Å². The average Bonchev–Trinajstić information content (AvgIpc) is 2.89. The molecule has 0 fully saturated rings. The van der Waals surface area contributed by atoms with Crippen molar-refractivity contribution in [2.45, 2.75) is 19.6 Å². The lowest BCUT2D eigenvalue weighted by atomic mass is 10.1. The van der Waals surface area contributed by atoms with Crippen LogP contribution in [-0.4, -0.2) is 24.8 Å². The van der Waals surface area contributed by atoms with Crippen molar-refractivity contribution >= 4 is 18.9 Å². The summed E-state index contributed by atoms with van der Waals surface area (Å²) in [6.07, 6.45) is 0. The number of aromatic nitrogens is 2. The largest absolute Gasteiger partial charge is 0.497 e. The molecule has 0 bridgehead atoms. The van der Waals surface area contributed by atoms with E-state index >= 15 is 0 Å². The van der Waals surface area contributed by atoms with E-state index in [2.05, 4.69) is 48.4 Å². The summed E-state index contributed by atoms with van der Waals surface area (Å²) in [6, 6.07) is 16.6. The first-order valence-electron chi connectivity index (χ1n) is 7.13. The van der Waals surface area contributed by atoms with Crippen molar-refractivity contribution in [2.24, 2.45) is 0 Å². The number of ether oxygens (including phenoxy) is 1. The number of hydrogen-bond donors (Lipinski definition) is 0. The first-order valence-corrected chi connectivity index (χ1v) is 10.6. The van der Waals surface area contributed by atoms with Gasteiger partial charge in [0, 0.05) is 16.9 Å². The molecular formula is C17H20N2OSi. The van der Waals surface area contributed by atoms with Crippen molar-refractivity contribution in [1.82, 2.24) is 9.61 Å². The van der Waals surface area contributed by atoms with Gasteiger partial charge in [0.15, 0.2) is 0 Å². The zero-order chi connectivity index (χ0) is 15.0. The Kier molecular flexibility index (Phi) is 3.33. The van der Waals surface area contributed by atoms with Gasteiger partial charge < -0.3 is 4.74 Å². The Bertz CT molecular complexity index is 773. The highest BCUT2D eigenvalue weighted by molar-refractivity contribution is 6.88. The Labute approximate surface area is 126 Å². The SMILES string of the molecule is COc1cc([Si](C)(C)C)n2nc(-c3ccccc3)cc2c1. The van der Waals surface area contributed by atoms with Crippen molar-refractivity contribution in [3.05, 3.63) is 48.5 Å². The first-order chi connectivity index (χ1) is 9.99. The Morgan fingerprint density at radius 3 is 2.33 bits per heavy atom. The second kappa shape index (κ2) is 5.04. The smallest absolute Gasteiger partial charge is 0.122 e. The van der Waals surface area contributed by atoms with Gasteiger partial charge in [-0.15, -0.1) is 0 Å². The number of hydrogen-bond acceptors (Lipinski definition) is 2. The standard InChI is InChI=1S/C17H20N2OSi/c1-20-15-10-14-11-16(13-8-6-5-7-9-13)18-19(14)17(12-15)21(2,3)4/h5-12H,1-4H3. The number of methoxy groups -OCH3 is 1. The van der Waals surface area contributed by atoms with Gasteiger partial charge in [0.1, 0.15) is 13.8 Å². The third-order valence-electron chi connectivity index (χ3n) is 3.61. The fourth-order valence-electron chi connectivity index (χ4n) is 2.48. The maximum atomic E-state index is 5.45. The van der Waals surface area contributed by atoms with Crippen LogP contribution >= 0.6 is 0 Å². The van der Waals surface area contributed by atoms with Crippen LogP contribution in [0.5, 0.6) is 5.75 Å². The maximum absolute atomic E-state index is 5.45. The van der Waals surface area contributed by atoms with E-state index in [-0.39, 0.29) is 0 Å². The van der Waals surface area contributed by atoms with E-state index < -0.39 is 8.07 Å². The molecule has 0 aliphatic heterocycles. The topological polar surface area (TPSA) is 26.5 Å². The fraction of sp³-hybridized carbons (Fsp3) is 0.235. The first kappa shape index (κ1) is 13.9. The summed E-state index contributed by atoms with van der Waals surface area (Å²) in [6.45, 7) is 6.97. The molecule has 0 aliphatic carbocycles. The average molecular weight is 296 g/mol. The highest BCUT2D eigenvalue weighted by Gasteiger charge is 2.22. The monoisotopic (exact) mass is 296 g/mol. The third kappa shape index (κ3) is 2.59. The zero-order valence-electron chi connectivity index (χ0n) is 12.9. The molecule has 3 aromatic rings. The molecule has 0 saturated carbocycles. The fourth-order valence-corrected chi connectivity index (χ4v) is 3.87. The Morgan fingerprint density at radius 2 is 1.71 bits per heavy atom. The molecule has 3 nitrogen and oxygen atoms in total. The summed E-state index contributed by atoms with van der Waals surface area (Å²) in [4.78, 5) is 0. The zero-order valence-corrected chi connectivity index (χ0v) is 13.9. The molecule has 0 N–H and O–H groups in total. The van der Waals surface area contributed by atoms with Crippen molar-refractivity contribution in [2.75, 3.05) is 7.11 Å². The van der Waals surface area contributed by atoms with E-state index in [1.807, 2.05) is 24.3 Å². The molecule has 0 radical (unpaired) electrons. The van der Waals surface area contributed by atoms with Gasteiger partial charge in [-0.2, -0.15) is 5.10 Å². The molecule has 1 aromatic carbocycles. The molecule has 3 rings (SSSR count). The number of nitrogens with zero attached hydrogens (tertiary/aromatic N) is 2. The van der Waals surface area contributed by atoms with Gasteiger partial charge in [-0.3, -0.25) is 0 Å². The van der Waals surface area contributed by atoms with Gasteiger partial charge in [0.2, 0.25) is 0 Å². The Balaban J connectivity index is 2.25. The van der Waals surface area contributed by atoms with Crippen LogP contribution in [0.25, 0.3) is 16.8 Å². The van der Waals surface area contributed by atoms with Gasteiger partial charge in [-0.05, 0) is 12.1 Å². The second-order valence-electron chi connectivity index (χ2n) is 6.26. The van der Waals surface area contributed by atoms with Crippen LogP contribution in [0, 0.1) is 0 Å². The molecule has 108 valence electrons. The van der Waals surface area contributed by atoms with E-state index in [0.717, 1.165) is 22.5 Å². The minimum Gasteiger partial charge on any atom is -0.497 e. The van der Waals surface area contributed by atoms with E-state index in [1.54, 1.807) is 7.11 Å². The molecule has 0 amide bonds. The summed E-state index contributed by atoms with van der Waals surface area (Å²) in [5.41, 5.74) is 3.23. The summed E-state index contributed by atoms with van der Waals surface area (Å²) < 4.78 is 7.53. The second-order valence-corrected chi connectivity index (χ2v) is 11.3. The highest BCUT2D eigenvalue weighted by Crippen LogP contribution is 2.22. The highest BCUT2D eigenvalue weighted by atomic mass is 28.3. The predicted octanol–water partition coefficient (Wildman–Crippen LogP) is 3.56. The Morgan fingerprint density at radius 1 is 1.00 bits per heavy atom. The van der Waals surface area contributed by atoms with Crippen molar-refractivity contribution in [3.63, 3.8) is 0 Å². The lowest BCUT2D eigenvalue weighted by Crippen LogP contribution is -2.42. The summed E-state index contributed by atoms with van der Waals surface area (Å²) in [5, 5.41) is 6.10. The molecule has 2 aromatic heterocycles. The van der Waals surface area contributed by atoms with Crippen LogP contribution in [0.3, 0.4) is 0 Å². The summed E-state index contributed by atoms with van der Waals surface area (Å²) in [5.74, 6) is 0.902. The van der Waals surface area contributed by atoms with Crippen LogP contribution in [0.2, 0.25) is 19.6 Å². The van der Waals surface area contributed by atoms with Gasteiger partial charge in [0.05, 0.1) is 18.3 Å². The maximum Gasteiger partial charge on any atom is 0.122 e. The van der Waals surface area contributed by atoms with Crippen molar-refractivity contribution < 1.29 is 4.74 Å². The number of benzene rings is 1. The quantitative estimate of drug-likeness (QED) is 0.691. The summed E-state index contributed by atoms with van der Waals surface area (Å²) in [7, 11) is 0.204. The number of fused-ring (bicyclic) bond motifs is 1. The van der Waals surface area contributed by atoms with Crippen LogP contribution in [-0.2, 0) is 0 Å². The Hall–Kier alpha value is -2.07. The minimum absolute atomic E-state index is 0.902. The van der Waals surface area contributed by atoms with Crippen molar-refractivity contribution in [3.8, 4) is 17.0 Å². The molecule has 0 atom stereocenters. The van der Waals surface area contributed by atoms with Gasteiger partial charge in [-0.25, -0.2) is 4.52 Å². The molecule has 4 heteroatoms. The minimum atomic E-state index is -1.51. The molecule has 21 heavy (non-hydrogen) atoms. The molecule has 0 spiro atoms. The predicted molar refractivity (Wildman–Crippen MR) is 90.2 cm³/mol. The third-order valence-corrected chi connectivity index (χ3v) is 5.50. The van der Waals surface area contributed by atoms with E-state index in [9.17, 15) is 0 Å². The van der Waals surface area contributed by atoms with Crippen LogP contribution in [0.4, 0.5) is 0 Å². The normalized spacial score (nSPS) is 11.8. The van der Waals surface area contributed by atoms with Crippen molar-refractivity contribution in [1.29, 1.82) is 0 Å². The number of pyridine rings is 1. The summed E-state index contributed by atoms with van der Waals surface area (Å²) >= 11 is 0. The van der Waals surface area contributed by atoms with Gasteiger partial charge in [-0.1, -0.05) is 50.0 Å². The van der Waals surface area contributed by atoms with Gasteiger partial charge in [0.25, 0.3) is 0 Å². The van der Waals surface area contributed by atoms with Crippen LogP contribution in [0.1, 0.15) is 0 Å². The molecule has 0 saturated heterocycles. The lowest BCUT2D eigenvalue weighted by molar-refractivity contribution is 0.415. The molecule has 0 unspecified atom stereocenters. The lowest BCUT2D eigenvalue weighted by Gasteiger charge is -2.18. The van der Waals surface area contributed by atoms with Gasteiger partial charge >= 0.3 is 0 Å². The molecular weight excluding hydrogens is 276 g/mol. The molecule has 2 heterocycles. The van der Waals surface area contributed by atoms with E-state index in [0.29, 0.717) is 0 Å². The molecule has 0 aliphatic rings. The van der Waals surface area contributed by atoms with E-state index in [1.165, 1.54) is 5.32 Å². The van der Waals surface area contributed by atoms with Crippen LogP contribution in [0.15, 0.2) is 48.5 Å².